The molecular weight excluding hydrogens is 292 g/mol. The van der Waals surface area contributed by atoms with Gasteiger partial charge in [-0.1, -0.05) is 24.4 Å². The Bertz CT molecular complexity index is 499. The number of hydrogen-bond acceptors (Lipinski definition) is 3. The van der Waals surface area contributed by atoms with Crippen LogP contribution in [0.2, 0.25) is 5.02 Å². The Kier molecular flexibility index (Phi) is 4.99. The van der Waals surface area contributed by atoms with Crippen molar-refractivity contribution in [3.8, 4) is 0 Å². The molecule has 1 aromatic rings. The minimum atomic E-state index is -0.126. The maximum atomic E-state index is 12.3. The predicted molar refractivity (Wildman–Crippen MR) is 85.9 cm³/mol. The molecule has 110 valence electrons. The predicted octanol–water partition coefficient (Wildman–Crippen LogP) is 3.23. The van der Waals surface area contributed by atoms with E-state index in [0.717, 1.165) is 17.7 Å². The quantitative estimate of drug-likeness (QED) is 0.837. The van der Waals surface area contributed by atoms with Crippen LogP contribution < -0.4 is 5.32 Å². The summed E-state index contributed by atoms with van der Waals surface area (Å²) in [4.78, 5) is 15.3. The summed E-state index contributed by atoms with van der Waals surface area (Å²) in [7, 11) is 4.16. The van der Waals surface area contributed by atoms with E-state index >= 15 is 0 Å². The Morgan fingerprint density at radius 3 is 2.65 bits per heavy atom. The molecule has 5 heteroatoms. The highest BCUT2D eigenvalue weighted by Gasteiger charge is 2.36. The van der Waals surface area contributed by atoms with Crippen LogP contribution >= 0.6 is 24.2 Å². The van der Waals surface area contributed by atoms with Gasteiger partial charge >= 0.3 is 0 Å². The van der Waals surface area contributed by atoms with Gasteiger partial charge in [-0.05, 0) is 45.1 Å². The van der Waals surface area contributed by atoms with E-state index in [9.17, 15) is 4.79 Å². The van der Waals surface area contributed by atoms with Crippen molar-refractivity contribution in [3.63, 3.8) is 0 Å². The molecule has 1 N–H and O–H groups in total. The van der Waals surface area contributed by atoms with Gasteiger partial charge in [0.25, 0.3) is 5.91 Å². The molecule has 0 unspecified atom stereocenters. The average molecular weight is 313 g/mol. The maximum absolute atomic E-state index is 12.3. The number of halogens is 1. The van der Waals surface area contributed by atoms with Crippen molar-refractivity contribution < 1.29 is 4.79 Å². The molecule has 2 rings (SSSR count). The Morgan fingerprint density at radius 2 is 2.05 bits per heavy atom. The monoisotopic (exact) mass is 312 g/mol. The summed E-state index contributed by atoms with van der Waals surface area (Å²) in [5.74, 6) is -0.126. The van der Waals surface area contributed by atoms with Crippen molar-refractivity contribution in [1.82, 2.24) is 10.2 Å². The van der Waals surface area contributed by atoms with Crippen molar-refractivity contribution in [2.45, 2.75) is 36.1 Å². The second-order valence-corrected chi connectivity index (χ2v) is 6.60. The van der Waals surface area contributed by atoms with E-state index in [4.69, 9.17) is 11.6 Å². The minimum absolute atomic E-state index is 0.0840. The van der Waals surface area contributed by atoms with Gasteiger partial charge in [-0.3, -0.25) is 4.79 Å². The minimum Gasteiger partial charge on any atom is -0.350 e. The van der Waals surface area contributed by atoms with Crippen molar-refractivity contribution in [2.24, 2.45) is 0 Å². The fraction of sp³-hybridized carbons (Fsp3) is 0.533. The summed E-state index contributed by atoms with van der Waals surface area (Å²) >= 11 is 10.3. The number of carbonyl (C=O) groups is 1. The lowest BCUT2D eigenvalue weighted by molar-refractivity contribution is 0.0900. The summed E-state index contributed by atoms with van der Waals surface area (Å²) in [5.41, 5.74) is 0.576. The smallest absolute Gasteiger partial charge is 0.252 e. The topological polar surface area (TPSA) is 32.3 Å². The number of thiol groups is 1. The molecule has 0 aliphatic heterocycles. The van der Waals surface area contributed by atoms with Crippen LogP contribution in [-0.2, 0) is 0 Å². The van der Waals surface area contributed by atoms with Crippen molar-refractivity contribution >= 4 is 30.1 Å². The first-order valence-electron chi connectivity index (χ1n) is 6.89. The van der Waals surface area contributed by atoms with E-state index in [1.165, 1.54) is 12.8 Å². The highest BCUT2D eigenvalue weighted by atomic mass is 35.5. The molecule has 0 heterocycles. The molecule has 1 saturated carbocycles. The highest BCUT2D eigenvalue weighted by molar-refractivity contribution is 7.80. The SMILES string of the molecule is CN(C)C1(CNC(=O)c2cc(S)ccc2Cl)CCCC1. The van der Waals surface area contributed by atoms with Gasteiger partial charge in [0.15, 0.2) is 0 Å². The third-order valence-corrected chi connectivity index (χ3v) is 4.86. The van der Waals surface area contributed by atoms with E-state index in [-0.39, 0.29) is 11.4 Å². The first kappa shape index (κ1) is 15.7. The Balaban J connectivity index is 2.06. The molecule has 0 atom stereocenters. The normalized spacial score (nSPS) is 17.4. The number of benzene rings is 1. The summed E-state index contributed by atoms with van der Waals surface area (Å²) < 4.78 is 0. The van der Waals surface area contributed by atoms with Gasteiger partial charge in [-0.15, -0.1) is 12.6 Å². The third kappa shape index (κ3) is 3.30. The number of hydrogen-bond donors (Lipinski definition) is 2. The zero-order chi connectivity index (χ0) is 14.8. The standard InChI is InChI=1S/C15H21ClN2OS/c1-18(2)15(7-3-4-8-15)10-17-14(19)12-9-11(20)5-6-13(12)16/h5-6,9,20H,3-4,7-8,10H2,1-2H3,(H,17,19). The largest absolute Gasteiger partial charge is 0.350 e. The van der Waals surface area contributed by atoms with Crippen LogP contribution in [0.4, 0.5) is 0 Å². The molecule has 1 aliphatic rings. The summed E-state index contributed by atoms with van der Waals surface area (Å²) in [6.07, 6.45) is 4.70. The molecule has 0 aromatic heterocycles. The lowest BCUT2D eigenvalue weighted by Gasteiger charge is -2.36. The van der Waals surface area contributed by atoms with E-state index in [1.54, 1.807) is 18.2 Å². The highest BCUT2D eigenvalue weighted by Crippen LogP contribution is 2.33. The fourth-order valence-electron chi connectivity index (χ4n) is 2.84. The molecule has 0 saturated heterocycles. The van der Waals surface area contributed by atoms with E-state index in [2.05, 4.69) is 36.9 Å². The Labute approximate surface area is 131 Å². The van der Waals surface area contributed by atoms with Gasteiger partial charge in [0.05, 0.1) is 10.6 Å². The molecule has 0 spiro atoms. The Hall–Kier alpha value is -0.710. The number of rotatable bonds is 4. The number of likely N-dealkylation sites (N-methyl/N-ethyl adjacent to an activating group) is 1. The van der Waals surface area contributed by atoms with Gasteiger partial charge in [0.2, 0.25) is 0 Å². The van der Waals surface area contributed by atoms with Gasteiger partial charge in [-0.2, -0.15) is 0 Å². The molecule has 1 amide bonds. The van der Waals surface area contributed by atoms with Gasteiger partial charge in [0, 0.05) is 17.0 Å². The molecule has 3 nitrogen and oxygen atoms in total. The van der Waals surface area contributed by atoms with Gasteiger partial charge < -0.3 is 10.2 Å². The lowest BCUT2D eigenvalue weighted by atomic mass is 9.96. The Morgan fingerprint density at radius 1 is 1.40 bits per heavy atom. The summed E-state index contributed by atoms with van der Waals surface area (Å²) in [6.45, 7) is 0.659. The molecule has 1 aliphatic carbocycles. The zero-order valence-corrected chi connectivity index (χ0v) is 13.6. The number of amides is 1. The molecule has 0 bridgehead atoms. The van der Waals surface area contributed by atoms with Crippen LogP contribution in [0, 0.1) is 0 Å². The summed E-state index contributed by atoms with van der Waals surface area (Å²) in [6, 6.07) is 5.19. The van der Waals surface area contributed by atoms with E-state index in [1.807, 2.05) is 0 Å². The molecule has 1 aromatic carbocycles. The zero-order valence-electron chi connectivity index (χ0n) is 11.9. The van der Waals surface area contributed by atoms with E-state index < -0.39 is 0 Å². The number of carbonyl (C=O) groups excluding carboxylic acids is 1. The van der Waals surface area contributed by atoms with Crippen molar-refractivity contribution in [3.05, 3.63) is 28.8 Å². The first-order chi connectivity index (χ1) is 9.44. The van der Waals surface area contributed by atoms with Crippen LogP contribution in [0.1, 0.15) is 36.0 Å². The fourth-order valence-corrected chi connectivity index (χ4v) is 3.25. The average Bonchev–Trinajstić information content (AvgIpc) is 2.89. The van der Waals surface area contributed by atoms with Gasteiger partial charge in [-0.25, -0.2) is 0 Å². The maximum Gasteiger partial charge on any atom is 0.252 e. The summed E-state index contributed by atoms with van der Waals surface area (Å²) in [5, 5.41) is 3.50. The molecular formula is C15H21ClN2OS. The first-order valence-corrected chi connectivity index (χ1v) is 7.71. The van der Waals surface area contributed by atoms with Crippen molar-refractivity contribution in [1.29, 1.82) is 0 Å². The second kappa shape index (κ2) is 6.37. The molecule has 0 radical (unpaired) electrons. The van der Waals surface area contributed by atoms with Crippen LogP contribution in [0.15, 0.2) is 23.1 Å². The number of nitrogens with zero attached hydrogens (tertiary/aromatic N) is 1. The second-order valence-electron chi connectivity index (χ2n) is 5.67. The lowest BCUT2D eigenvalue weighted by Crippen LogP contribution is -2.50. The molecule has 20 heavy (non-hydrogen) atoms. The van der Waals surface area contributed by atoms with Crippen molar-refractivity contribution in [2.75, 3.05) is 20.6 Å². The van der Waals surface area contributed by atoms with Crippen LogP contribution in [-0.4, -0.2) is 37.0 Å². The van der Waals surface area contributed by atoms with Crippen LogP contribution in [0.25, 0.3) is 0 Å². The number of nitrogens with one attached hydrogen (secondary N) is 1. The van der Waals surface area contributed by atoms with Crippen LogP contribution in [0.5, 0.6) is 0 Å². The third-order valence-electron chi connectivity index (χ3n) is 4.26. The van der Waals surface area contributed by atoms with Gasteiger partial charge in [0.1, 0.15) is 0 Å². The van der Waals surface area contributed by atoms with E-state index in [0.29, 0.717) is 17.1 Å². The van der Waals surface area contributed by atoms with Crippen LogP contribution in [0.3, 0.4) is 0 Å². The molecule has 1 fully saturated rings.